The number of hydrogen-bond donors (Lipinski definition) is 2. The van der Waals surface area contributed by atoms with Gasteiger partial charge in [-0.25, -0.2) is 0 Å². The molecule has 7 nitrogen and oxygen atoms in total. The number of hydrogen-bond acceptors (Lipinski definition) is 4. The number of rotatable bonds is 5. The number of piperazine rings is 1. The van der Waals surface area contributed by atoms with Crippen LogP contribution < -0.4 is 15.5 Å². The standard InChI is InChI=1S/C30H32N4O3/c1-21-7-10-23(11-8-21)27-20-28(35)32-25-19-24(30(37)33-17-15-31-16-18-33)12-13-26(25)34(27)29(36)14-9-22-5-3-2-4-6-22/h2-8,10-13,19,27,31H,9,14-18,20H2,1H3,(H,32,35). The van der Waals surface area contributed by atoms with Crippen molar-refractivity contribution in [3.8, 4) is 0 Å². The first-order valence-corrected chi connectivity index (χ1v) is 12.9. The van der Waals surface area contributed by atoms with Crippen molar-refractivity contribution in [3.63, 3.8) is 0 Å². The molecule has 1 unspecified atom stereocenters. The number of amides is 3. The van der Waals surface area contributed by atoms with Crippen molar-refractivity contribution in [2.24, 2.45) is 0 Å². The van der Waals surface area contributed by atoms with Crippen LogP contribution in [0.1, 0.15) is 45.9 Å². The van der Waals surface area contributed by atoms with Crippen LogP contribution in [0.4, 0.5) is 11.4 Å². The number of benzene rings is 3. The summed E-state index contributed by atoms with van der Waals surface area (Å²) in [6.45, 7) is 4.81. The lowest BCUT2D eigenvalue weighted by molar-refractivity contribution is -0.119. The van der Waals surface area contributed by atoms with E-state index in [-0.39, 0.29) is 24.1 Å². The molecule has 1 atom stereocenters. The normalized spacial score (nSPS) is 17.5. The zero-order valence-corrected chi connectivity index (χ0v) is 21.1. The molecule has 190 valence electrons. The van der Waals surface area contributed by atoms with E-state index < -0.39 is 6.04 Å². The predicted octanol–water partition coefficient (Wildman–Crippen LogP) is 4.09. The Balaban J connectivity index is 1.51. The molecule has 7 heteroatoms. The number of nitrogens with one attached hydrogen (secondary N) is 2. The first-order chi connectivity index (χ1) is 18.0. The van der Waals surface area contributed by atoms with Crippen molar-refractivity contribution in [2.75, 3.05) is 36.4 Å². The van der Waals surface area contributed by atoms with Gasteiger partial charge in [-0.1, -0.05) is 60.2 Å². The molecule has 0 saturated carbocycles. The third kappa shape index (κ3) is 5.57. The Labute approximate surface area is 217 Å². The van der Waals surface area contributed by atoms with E-state index in [1.165, 1.54) is 0 Å². The van der Waals surface area contributed by atoms with Gasteiger partial charge in [0, 0.05) is 38.2 Å². The lowest BCUT2D eigenvalue weighted by Gasteiger charge is -2.31. The van der Waals surface area contributed by atoms with Crippen molar-refractivity contribution >= 4 is 29.1 Å². The zero-order valence-electron chi connectivity index (χ0n) is 21.1. The smallest absolute Gasteiger partial charge is 0.254 e. The van der Waals surface area contributed by atoms with Gasteiger partial charge in [0.1, 0.15) is 0 Å². The van der Waals surface area contributed by atoms with Gasteiger partial charge in [0.25, 0.3) is 5.91 Å². The number of nitrogens with zero attached hydrogens (tertiary/aromatic N) is 2. The van der Waals surface area contributed by atoms with Crippen LogP contribution in [-0.2, 0) is 16.0 Å². The molecule has 3 amide bonds. The van der Waals surface area contributed by atoms with E-state index in [4.69, 9.17) is 0 Å². The highest BCUT2D eigenvalue weighted by molar-refractivity contribution is 6.06. The minimum atomic E-state index is -0.445. The molecule has 0 bridgehead atoms. The Hall–Kier alpha value is -3.97. The van der Waals surface area contributed by atoms with Gasteiger partial charge in [0.15, 0.2) is 0 Å². The van der Waals surface area contributed by atoms with Crippen LogP contribution in [0.15, 0.2) is 72.8 Å². The molecule has 5 rings (SSSR count). The third-order valence-electron chi connectivity index (χ3n) is 7.07. The third-order valence-corrected chi connectivity index (χ3v) is 7.07. The van der Waals surface area contributed by atoms with E-state index >= 15 is 0 Å². The van der Waals surface area contributed by atoms with E-state index in [0.29, 0.717) is 42.9 Å². The fourth-order valence-electron chi connectivity index (χ4n) is 5.05. The van der Waals surface area contributed by atoms with Gasteiger partial charge in [0.05, 0.1) is 23.8 Å². The van der Waals surface area contributed by atoms with Gasteiger partial charge < -0.3 is 20.4 Å². The SMILES string of the molecule is Cc1ccc(C2CC(=O)Nc3cc(C(=O)N4CCNCC4)ccc3N2C(=O)CCc2ccccc2)cc1. The van der Waals surface area contributed by atoms with Crippen LogP contribution in [0.5, 0.6) is 0 Å². The van der Waals surface area contributed by atoms with Crippen molar-refractivity contribution in [2.45, 2.75) is 32.2 Å². The maximum atomic E-state index is 13.8. The molecule has 2 N–H and O–H groups in total. The molecule has 3 aromatic carbocycles. The summed E-state index contributed by atoms with van der Waals surface area (Å²) in [5.74, 6) is -0.315. The van der Waals surface area contributed by atoms with Crippen molar-refractivity contribution in [1.29, 1.82) is 0 Å². The predicted molar refractivity (Wildman–Crippen MR) is 145 cm³/mol. The van der Waals surface area contributed by atoms with Crippen LogP contribution in [0.25, 0.3) is 0 Å². The number of anilines is 2. The molecule has 2 aliphatic heterocycles. The maximum Gasteiger partial charge on any atom is 0.254 e. The minimum absolute atomic E-state index is 0.0617. The molecule has 3 aromatic rings. The van der Waals surface area contributed by atoms with Crippen molar-refractivity contribution in [1.82, 2.24) is 10.2 Å². The summed E-state index contributed by atoms with van der Waals surface area (Å²) in [6.07, 6.45) is 1.05. The number of fused-ring (bicyclic) bond motifs is 1. The average molecular weight is 497 g/mol. The van der Waals surface area contributed by atoms with Crippen molar-refractivity contribution in [3.05, 3.63) is 95.1 Å². The van der Waals surface area contributed by atoms with Crippen LogP contribution in [0.2, 0.25) is 0 Å². The first kappa shape index (κ1) is 24.7. The second-order valence-corrected chi connectivity index (χ2v) is 9.70. The molecule has 0 aromatic heterocycles. The second-order valence-electron chi connectivity index (χ2n) is 9.70. The van der Waals surface area contributed by atoms with Gasteiger partial charge in [-0.05, 0) is 42.7 Å². The summed E-state index contributed by atoms with van der Waals surface area (Å²) >= 11 is 0. The van der Waals surface area contributed by atoms with Gasteiger partial charge in [-0.15, -0.1) is 0 Å². The summed E-state index contributed by atoms with van der Waals surface area (Å²) < 4.78 is 0. The largest absolute Gasteiger partial charge is 0.336 e. The molecule has 2 aliphatic rings. The lowest BCUT2D eigenvalue weighted by Crippen LogP contribution is -2.46. The second kappa shape index (κ2) is 11.0. The maximum absolute atomic E-state index is 13.8. The summed E-state index contributed by atoms with van der Waals surface area (Å²) in [5.41, 5.74) is 4.72. The quantitative estimate of drug-likeness (QED) is 0.558. The van der Waals surface area contributed by atoms with Gasteiger partial charge in [-0.2, -0.15) is 0 Å². The van der Waals surface area contributed by atoms with Crippen LogP contribution in [0.3, 0.4) is 0 Å². The van der Waals surface area contributed by atoms with Crippen LogP contribution in [0, 0.1) is 6.92 Å². The molecular weight excluding hydrogens is 464 g/mol. The van der Waals surface area contributed by atoms with E-state index in [1.807, 2.05) is 66.4 Å². The molecule has 0 radical (unpaired) electrons. The number of carbonyl (C=O) groups excluding carboxylic acids is 3. The topological polar surface area (TPSA) is 81.8 Å². The fraction of sp³-hybridized carbons (Fsp3) is 0.300. The Morgan fingerprint density at radius 1 is 0.946 bits per heavy atom. The average Bonchev–Trinajstić information content (AvgIpc) is 3.08. The monoisotopic (exact) mass is 496 g/mol. The summed E-state index contributed by atoms with van der Waals surface area (Å²) in [7, 11) is 0. The molecule has 0 aliphatic carbocycles. The van der Waals surface area contributed by atoms with E-state index in [0.717, 1.165) is 29.8 Å². The number of aryl methyl sites for hydroxylation is 2. The summed E-state index contributed by atoms with van der Waals surface area (Å²) in [6, 6.07) is 22.7. The van der Waals surface area contributed by atoms with Crippen LogP contribution >= 0.6 is 0 Å². The first-order valence-electron chi connectivity index (χ1n) is 12.9. The lowest BCUT2D eigenvalue weighted by atomic mass is 9.99. The number of carbonyl (C=O) groups is 3. The highest BCUT2D eigenvalue weighted by Crippen LogP contribution is 2.39. The highest BCUT2D eigenvalue weighted by atomic mass is 16.2. The van der Waals surface area contributed by atoms with E-state index in [9.17, 15) is 14.4 Å². The molecule has 1 saturated heterocycles. The molecule has 2 heterocycles. The van der Waals surface area contributed by atoms with Crippen LogP contribution in [-0.4, -0.2) is 48.8 Å². The fourth-order valence-corrected chi connectivity index (χ4v) is 5.05. The molecule has 0 spiro atoms. The summed E-state index contributed by atoms with van der Waals surface area (Å²) in [4.78, 5) is 43.6. The molecule has 1 fully saturated rings. The Kier molecular flexibility index (Phi) is 7.32. The Morgan fingerprint density at radius 2 is 1.68 bits per heavy atom. The molecule has 37 heavy (non-hydrogen) atoms. The van der Waals surface area contributed by atoms with Gasteiger partial charge in [0.2, 0.25) is 11.8 Å². The molecular formula is C30H32N4O3. The Bertz CT molecular complexity index is 1280. The minimum Gasteiger partial charge on any atom is -0.336 e. The zero-order chi connectivity index (χ0) is 25.8. The van der Waals surface area contributed by atoms with Gasteiger partial charge in [-0.3, -0.25) is 14.4 Å². The van der Waals surface area contributed by atoms with E-state index in [1.54, 1.807) is 23.1 Å². The van der Waals surface area contributed by atoms with E-state index in [2.05, 4.69) is 10.6 Å². The Morgan fingerprint density at radius 3 is 2.41 bits per heavy atom. The summed E-state index contributed by atoms with van der Waals surface area (Å²) in [5, 5.41) is 6.23. The van der Waals surface area contributed by atoms with Crippen molar-refractivity contribution < 1.29 is 14.4 Å². The van der Waals surface area contributed by atoms with Gasteiger partial charge >= 0.3 is 0 Å². The highest BCUT2D eigenvalue weighted by Gasteiger charge is 2.34.